The zero-order valence-corrected chi connectivity index (χ0v) is 13.3. The quantitative estimate of drug-likeness (QED) is 0.850. The average Bonchev–Trinajstić information content (AvgIpc) is 3.07. The lowest BCUT2D eigenvalue weighted by molar-refractivity contribution is 0.403. The summed E-state index contributed by atoms with van der Waals surface area (Å²) >= 11 is 1.73. The van der Waals surface area contributed by atoms with Gasteiger partial charge < -0.3 is 14.6 Å². The fraction of sp³-hybridized carbons (Fsp3) is 0.571. The number of rotatable bonds is 7. The second kappa shape index (κ2) is 6.85. The molecule has 5 nitrogen and oxygen atoms in total. The lowest BCUT2D eigenvalue weighted by Gasteiger charge is -2.16. The van der Waals surface area contributed by atoms with E-state index in [4.69, 9.17) is 4.42 Å². The summed E-state index contributed by atoms with van der Waals surface area (Å²) in [5.41, 5.74) is 0. The van der Waals surface area contributed by atoms with Gasteiger partial charge in [-0.1, -0.05) is 0 Å². The standard InChI is InChI=1S/C14H22N4OS/c1-5-18(6-2)14-17-9-12(20-14)8-15-11(4)13-16-7-10(3)19-13/h7,9,11,15H,5-6,8H2,1-4H3. The Labute approximate surface area is 124 Å². The van der Waals surface area contributed by atoms with Crippen molar-refractivity contribution in [2.75, 3.05) is 18.0 Å². The molecule has 0 radical (unpaired) electrons. The minimum atomic E-state index is 0.0997. The van der Waals surface area contributed by atoms with Crippen LogP contribution in [0, 0.1) is 6.92 Å². The van der Waals surface area contributed by atoms with Crippen molar-refractivity contribution >= 4 is 16.5 Å². The van der Waals surface area contributed by atoms with Gasteiger partial charge in [-0.25, -0.2) is 9.97 Å². The van der Waals surface area contributed by atoms with Gasteiger partial charge in [0.25, 0.3) is 0 Å². The smallest absolute Gasteiger partial charge is 0.211 e. The first-order chi connectivity index (χ1) is 9.63. The summed E-state index contributed by atoms with van der Waals surface area (Å²) in [5.74, 6) is 1.58. The Hall–Kier alpha value is -1.40. The molecule has 0 saturated carbocycles. The summed E-state index contributed by atoms with van der Waals surface area (Å²) < 4.78 is 5.52. The Bertz CT molecular complexity index is 533. The van der Waals surface area contributed by atoms with Gasteiger partial charge in [0.05, 0.1) is 12.2 Å². The fourth-order valence-electron chi connectivity index (χ4n) is 1.93. The molecule has 0 aliphatic heterocycles. The molecular weight excluding hydrogens is 272 g/mol. The summed E-state index contributed by atoms with van der Waals surface area (Å²) in [5, 5.41) is 4.50. The maximum absolute atomic E-state index is 5.52. The molecule has 110 valence electrons. The maximum Gasteiger partial charge on any atom is 0.211 e. The van der Waals surface area contributed by atoms with Crippen LogP contribution in [-0.4, -0.2) is 23.1 Å². The van der Waals surface area contributed by atoms with Crippen LogP contribution >= 0.6 is 11.3 Å². The van der Waals surface area contributed by atoms with Crippen molar-refractivity contribution in [1.29, 1.82) is 0 Å². The highest BCUT2D eigenvalue weighted by Crippen LogP contribution is 2.23. The third-order valence-electron chi connectivity index (χ3n) is 3.17. The zero-order chi connectivity index (χ0) is 14.5. The van der Waals surface area contributed by atoms with Crippen molar-refractivity contribution in [3.8, 4) is 0 Å². The van der Waals surface area contributed by atoms with Crippen LogP contribution in [0.15, 0.2) is 16.8 Å². The normalized spacial score (nSPS) is 12.6. The Morgan fingerprint density at radius 1 is 1.30 bits per heavy atom. The van der Waals surface area contributed by atoms with E-state index < -0.39 is 0 Å². The SMILES string of the molecule is CCN(CC)c1ncc(CNC(C)c2ncc(C)o2)s1. The van der Waals surface area contributed by atoms with E-state index in [9.17, 15) is 0 Å². The molecule has 2 rings (SSSR count). The Kier molecular flexibility index (Phi) is 5.14. The number of hydrogen-bond donors (Lipinski definition) is 1. The van der Waals surface area contributed by atoms with Crippen molar-refractivity contribution in [1.82, 2.24) is 15.3 Å². The average molecular weight is 294 g/mol. The van der Waals surface area contributed by atoms with Gasteiger partial charge in [-0.2, -0.15) is 0 Å². The molecule has 2 heterocycles. The first-order valence-corrected chi connectivity index (χ1v) is 7.81. The van der Waals surface area contributed by atoms with Gasteiger partial charge in [-0.15, -0.1) is 11.3 Å². The van der Waals surface area contributed by atoms with Gasteiger partial charge in [0.2, 0.25) is 5.89 Å². The Morgan fingerprint density at radius 3 is 2.65 bits per heavy atom. The molecule has 0 spiro atoms. The molecule has 0 amide bonds. The molecule has 0 aromatic carbocycles. The van der Waals surface area contributed by atoms with E-state index in [-0.39, 0.29) is 6.04 Å². The maximum atomic E-state index is 5.52. The summed E-state index contributed by atoms with van der Waals surface area (Å²) in [4.78, 5) is 12.2. The van der Waals surface area contributed by atoms with Gasteiger partial charge in [0.15, 0.2) is 5.13 Å². The minimum absolute atomic E-state index is 0.0997. The molecule has 2 aromatic rings. The van der Waals surface area contributed by atoms with Crippen molar-refractivity contribution < 1.29 is 4.42 Å². The highest BCUT2D eigenvalue weighted by atomic mass is 32.1. The van der Waals surface area contributed by atoms with Crippen molar-refractivity contribution in [2.45, 2.75) is 40.3 Å². The second-order valence-electron chi connectivity index (χ2n) is 4.69. The summed E-state index contributed by atoms with van der Waals surface area (Å²) in [6.45, 7) is 11.0. The van der Waals surface area contributed by atoms with Crippen LogP contribution in [0.25, 0.3) is 0 Å². The van der Waals surface area contributed by atoms with E-state index >= 15 is 0 Å². The zero-order valence-electron chi connectivity index (χ0n) is 12.5. The van der Waals surface area contributed by atoms with Crippen LogP contribution in [-0.2, 0) is 6.54 Å². The van der Waals surface area contributed by atoms with E-state index in [1.807, 2.05) is 13.1 Å². The van der Waals surface area contributed by atoms with Crippen molar-refractivity contribution in [2.24, 2.45) is 0 Å². The summed E-state index contributed by atoms with van der Waals surface area (Å²) in [6, 6.07) is 0.0997. The molecule has 0 aliphatic rings. The largest absolute Gasteiger partial charge is 0.444 e. The lowest BCUT2D eigenvalue weighted by atomic mass is 10.3. The van der Waals surface area contributed by atoms with E-state index in [0.29, 0.717) is 0 Å². The van der Waals surface area contributed by atoms with E-state index in [1.165, 1.54) is 4.88 Å². The van der Waals surface area contributed by atoms with Gasteiger partial charge in [-0.05, 0) is 27.7 Å². The number of nitrogens with zero attached hydrogens (tertiary/aromatic N) is 3. The molecule has 0 saturated heterocycles. The van der Waals surface area contributed by atoms with Crippen LogP contribution in [0.4, 0.5) is 5.13 Å². The molecule has 1 atom stereocenters. The predicted octanol–water partition coefficient (Wildman–Crippen LogP) is 3.14. The number of thiazole rings is 1. The first kappa shape index (κ1) is 15.0. The predicted molar refractivity (Wildman–Crippen MR) is 82.2 cm³/mol. The molecule has 6 heteroatoms. The number of hydrogen-bond acceptors (Lipinski definition) is 6. The van der Waals surface area contributed by atoms with Gasteiger partial charge in [-0.3, -0.25) is 0 Å². The molecule has 2 aromatic heterocycles. The molecule has 20 heavy (non-hydrogen) atoms. The van der Waals surface area contributed by atoms with Crippen LogP contribution in [0.5, 0.6) is 0 Å². The summed E-state index contributed by atoms with van der Waals surface area (Å²) in [6.07, 6.45) is 3.69. The number of oxazole rings is 1. The van der Waals surface area contributed by atoms with Crippen LogP contribution in [0.1, 0.15) is 43.3 Å². The van der Waals surface area contributed by atoms with E-state index in [1.54, 1.807) is 17.5 Å². The molecule has 0 bridgehead atoms. The number of aryl methyl sites for hydroxylation is 1. The topological polar surface area (TPSA) is 54.2 Å². The molecule has 0 fully saturated rings. The van der Waals surface area contributed by atoms with Gasteiger partial charge >= 0.3 is 0 Å². The van der Waals surface area contributed by atoms with E-state index in [0.717, 1.165) is 36.4 Å². The molecule has 0 aliphatic carbocycles. The molecular formula is C14H22N4OS. The Morgan fingerprint density at radius 2 is 2.05 bits per heavy atom. The minimum Gasteiger partial charge on any atom is -0.444 e. The third kappa shape index (κ3) is 3.58. The van der Waals surface area contributed by atoms with Crippen LogP contribution in [0.3, 0.4) is 0 Å². The van der Waals surface area contributed by atoms with Crippen molar-refractivity contribution in [3.05, 3.63) is 28.9 Å². The summed E-state index contributed by atoms with van der Waals surface area (Å²) in [7, 11) is 0. The number of aromatic nitrogens is 2. The van der Waals surface area contributed by atoms with Gasteiger partial charge in [0.1, 0.15) is 5.76 Å². The van der Waals surface area contributed by atoms with Crippen molar-refractivity contribution in [3.63, 3.8) is 0 Å². The fourth-order valence-corrected chi connectivity index (χ4v) is 2.92. The van der Waals surface area contributed by atoms with Crippen LogP contribution < -0.4 is 10.2 Å². The second-order valence-corrected chi connectivity index (χ2v) is 5.79. The number of anilines is 1. The molecule has 1 unspecified atom stereocenters. The van der Waals surface area contributed by atoms with Gasteiger partial charge in [0, 0.05) is 30.7 Å². The highest BCUT2D eigenvalue weighted by Gasteiger charge is 2.12. The Balaban J connectivity index is 1.91. The lowest BCUT2D eigenvalue weighted by Crippen LogP contribution is -2.21. The highest BCUT2D eigenvalue weighted by molar-refractivity contribution is 7.15. The van der Waals surface area contributed by atoms with Crippen LogP contribution in [0.2, 0.25) is 0 Å². The molecule has 1 N–H and O–H groups in total. The van der Waals surface area contributed by atoms with E-state index in [2.05, 4.69) is 41.0 Å². The number of nitrogens with one attached hydrogen (secondary N) is 1. The third-order valence-corrected chi connectivity index (χ3v) is 4.23. The first-order valence-electron chi connectivity index (χ1n) is 6.99. The monoisotopic (exact) mass is 294 g/mol.